The van der Waals surface area contributed by atoms with Gasteiger partial charge in [-0.15, -0.1) is 0 Å². The number of amides is 2. The summed E-state index contributed by atoms with van der Waals surface area (Å²) in [6.45, 7) is 3.73. The molecule has 1 aromatic heterocycles. The van der Waals surface area contributed by atoms with Crippen molar-refractivity contribution in [1.82, 2.24) is 15.8 Å². The summed E-state index contributed by atoms with van der Waals surface area (Å²) in [6.07, 6.45) is 0. The zero-order valence-corrected chi connectivity index (χ0v) is 18.3. The molecule has 3 aromatic rings. The van der Waals surface area contributed by atoms with Crippen molar-refractivity contribution in [1.29, 1.82) is 0 Å². The van der Waals surface area contributed by atoms with Crippen LogP contribution in [0.25, 0.3) is 11.3 Å². The summed E-state index contributed by atoms with van der Waals surface area (Å²) in [5.74, 6) is 0.0600. The van der Waals surface area contributed by atoms with Crippen molar-refractivity contribution in [2.24, 2.45) is 0 Å². The lowest BCUT2D eigenvalue weighted by Gasteiger charge is -2.28. The van der Waals surface area contributed by atoms with Crippen LogP contribution >= 0.6 is 23.2 Å². The smallest absolute Gasteiger partial charge is 0.257 e. The second-order valence-electron chi connectivity index (χ2n) is 7.18. The summed E-state index contributed by atoms with van der Waals surface area (Å²) in [5, 5.41) is 10.5. The number of nitrogens with one attached hydrogen (secondary N) is 2. The number of nitrogens with zero attached hydrogens (tertiary/aromatic N) is 2. The maximum atomic E-state index is 12.9. The Morgan fingerprint density at radius 3 is 2.58 bits per heavy atom. The molecule has 0 unspecified atom stereocenters. The fourth-order valence-corrected chi connectivity index (χ4v) is 4.07. The van der Waals surface area contributed by atoms with E-state index in [-0.39, 0.29) is 11.8 Å². The second kappa shape index (κ2) is 8.99. The van der Waals surface area contributed by atoms with E-state index in [4.69, 9.17) is 27.7 Å². The number of carbonyl (C=O) groups is 2. The molecule has 1 saturated heterocycles. The molecule has 4 rings (SSSR count). The fourth-order valence-electron chi connectivity index (χ4n) is 3.49. The van der Waals surface area contributed by atoms with E-state index in [1.807, 2.05) is 29.2 Å². The van der Waals surface area contributed by atoms with Crippen LogP contribution < -0.4 is 15.5 Å². The highest BCUT2D eigenvalue weighted by Gasteiger charge is 2.24. The summed E-state index contributed by atoms with van der Waals surface area (Å²) in [7, 11) is 0. The number of benzene rings is 2. The third-order valence-corrected chi connectivity index (χ3v) is 5.71. The van der Waals surface area contributed by atoms with Gasteiger partial charge in [-0.25, -0.2) is 0 Å². The first-order valence-corrected chi connectivity index (χ1v) is 10.5. The number of piperazine rings is 1. The van der Waals surface area contributed by atoms with Crippen molar-refractivity contribution in [3.8, 4) is 11.3 Å². The van der Waals surface area contributed by atoms with E-state index in [1.165, 1.54) is 0 Å². The average molecular weight is 459 g/mol. The third-order valence-electron chi connectivity index (χ3n) is 5.08. The minimum atomic E-state index is -0.332. The van der Waals surface area contributed by atoms with Gasteiger partial charge in [-0.2, -0.15) is 0 Å². The zero-order chi connectivity index (χ0) is 22.0. The molecule has 1 aliphatic rings. The van der Waals surface area contributed by atoms with Crippen LogP contribution in [0.3, 0.4) is 0 Å². The summed E-state index contributed by atoms with van der Waals surface area (Å²) in [5.41, 5.74) is 2.96. The first kappa shape index (κ1) is 21.2. The Hall–Kier alpha value is -3.03. The van der Waals surface area contributed by atoms with Crippen molar-refractivity contribution in [3.05, 3.63) is 69.4 Å². The van der Waals surface area contributed by atoms with Gasteiger partial charge >= 0.3 is 0 Å². The normalized spacial score (nSPS) is 13.8. The molecule has 2 heterocycles. The Labute approximate surface area is 189 Å². The van der Waals surface area contributed by atoms with E-state index in [9.17, 15) is 9.59 Å². The second-order valence-corrected chi connectivity index (χ2v) is 7.99. The maximum absolute atomic E-state index is 12.9. The van der Waals surface area contributed by atoms with Crippen LogP contribution in [0.4, 0.5) is 5.69 Å². The lowest BCUT2D eigenvalue weighted by atomic mass is 10.1. The van der Waals surface area contributed by atoms with Gasteiger partial charge in [0.05, 0.1) is 16.6 Å². The molecule has 0 radical (unpaired) electrons. The Balaban J connectivity index is 1.47. The number of hydrogen-bond acceptors (Lipinski definition) is 5. The van der Waals surface area contributed by atoms with Crippen LogP contribution in [0.2, 0.25) is 10.0 Å². The Bertz CT molecular complexity index is 1110. The number of carbonyl (C=O) groups excluding carboxylic acids is 2. The molecule has 0 spiro atoms. The van der Waals surface area contributed by atoms with Gasteiger partial charge in [0.15, 0.2) is 0 Å². The average Bonchev–Trinajstić information content (AvgIpc) is 3.13. The van der Waals surface area contributed by atoms with E-state index < -0.39 is 0 Å². The van der Waals surface area contributed by atoms with Crippen molar-refractivity contribution in [3.63, 3.8) is 0 Å². The molecule has 0 aliphatic carbocycles. The van der Waals surface area contributed by atoms with E-state index in [2.05, 4.69) is 15.8 Å². The van der Waals surface area contributed by atoms with Crippen LogP contribution in [0.15, 0.2) is 47.0 Å². The van der Waals surface area contributed by atoms with Crippen LogP contribution in [0, 0.1) is 6.92 Å². The topological polar surface area (TPSA) is 87.5 Å². The number of anilines is 1. The first-order valence-electron chi connectivity index (χ1n) is 9.73. The molecule has 1 fully saturated rings. The standard InChI is InChI=1S/C22H20Cl2N4O3/c1-13-19(21(27-31-13)20-16(23)3-2-4-17(20)24)22(30)26-11-14-5-7-15(8-6-14)28-10-9-25-18(29)12-28/h2-8H,9-12H2,1H3,(H,25,29)(H,26,30). The minimum Gasteiger partial charge on any atom is -0.360 e. The van der Waals surface area contributed by atoms with Gasteiger partial charge in [0.2, 0.25) is 5.91 Å². The van der Waals surface area contributed by atoms with E-state index in [1.54, 1.807) is 25.1 Å². The van der Waals surface area contributed by atoms with E-state index in [0.29, 0.717) is 52.3 Å². The van der Waals surface area contributed by atoms with Crippen molar-refractivity contribution < 1.29 is 14.1 Å². The summed E-state index contributed by atoms with van der Waals surface area (Å²) in [4.78, 5) is 26.5. The highest BCUT2D eigenvalue weighted by molar-refractivity contribution is 6.39. The molecule has 2 N–H and O–H groups in total. The Morgan fingerprint density at radius 1 is 1.19 bits per heavy atom. The molecular weight excluding hydrogens is 439 g/mol. The molecule has 31 heavy (non-hydrogen) atoms. The lowest BCUT2D eigenvalue weighted by molar-refractivity contribution is -0.120. The number of aryl methyl sites for hydroxylation is 1. The third kappa shape index (κ3) is 4.52. The van der Waals surface area contributed by atoms with Gasteiger partial charge in [-0.05, 0) is 36.8 Å². The van der Waals surface area contributed by atoms with Gasteiger partial charge in [-0.3, -0.25) is 9.59 Å². The summed E-state index contributed by atoms with van der Waals surface area (Å²) < 4.78 is 5.26. The SMILES string of the molecule is Cc1onc(-c2c(Cl)cccc2Cl)c1C(=O)NCc1ccc(N2CCNC(=O)C2)cc1. The molecule has 0 bridgehead atoms. The van der Waals surface area contributed by atoms with Crippen LogP contribution in [0.5, 0.6) is 0 Å². The van der Waals surface area contributed by atoms with Crippen molar-refractivity contribution in [2.45, 2.75) is 13.5 Å². The first-order chi connectivity index (χ1) is 14.9. The van der Waals surface area contributed by atoms with Crippen molar-refractivity contribution >= 4 is 40.7 Å². The lowest BCUT2D eigenvalue weighted by Crippen LogP contribution is -2.47. The van der Waals surface area contributed by atoms with Gasteiger partial charge in [-0.1, -0.05) is 46.6 Å². The molecule has 160 valence electrons. The van der Waals surface area contributed by atoms with Crippen LogP contribution in [-0.2, 0) is 11.3 Å². The quantitative estimate of drug-likeness (QED) is 0.606. The van der Waals surface area contributed by atoms with Gasteiger partial charge in [0, 0.05) is 30.9 Å². The molecule has 2 aromatic carbocycles. The molecular formula is C22H20Cl2N4O3. The van der Waals surface area contributed by atoms with Gasteiger partial charge < -0.3 is 20.1 Å². The maximum Gasteiger partial charge on any atom is 0.257 e. The number of hydrogen-bond donors (Lipinski definition) is 2. The van der Waals surface area contributed by atoms with Crippen LogP contribution in [-0.4, -0.2) is 36.6 Å². The van der Waals surface area contributed by atoms with E-state index in [0.717, 1.165) is 17.8 Å². The summed E-state index contributed by atoms with van der Waals surface area (Å²) in [6, 6.07) is 12.8. The number of halogens is 2. The molecule has 0 atom stereocenters. The molecule has 1 aliphatic heterocycles. The predicted octanol–water partition coefficient (Wildman–Crippen LogP) is 3.82. The Morgan fingerprint density at radius 2 is 1.90 bits per heavy atom. The van der Waals surface area contributed by atoms with Gasteiger partial charge in [0.25, 0.3) is 5.91 Å². The highest BCUT2D eigenvalue weighted by Crippen LogP contribution is 2.36. The Kier molecular flexibility index (Phi) is 6.15. The number of rotatable bonds is 5. The molecule has 7 nitrogen and oxygen atoms in total. The monoisotopic (exact) mass is 458 g/mol. The summed E-state index contributed by atoms with van der Waals surface area (Å²) >= 11 is 12.6. The largest absolute Gasteiger partial charge is 0.360 e. The number of aromatic nitrogens is 1. The molecule has 0 saturated carbocycles. The van der Waals surface area contributed by atoms with Crippen molar-refractivity contribution in [2.75, 3.05) is 24.5 Å². The molecule has 2 amide bonds. The minimum absolute atomic E-state index is 0.0149. The fraction of sp³-hybridized carbons (Fsp3) is 0.227. The predicted molar refractivity (Wildman–Crippen MR) is 120 cm³/mol. The van der Waals surface area contributed by atoms with Gasteiger partial charge in [0.1, 0.15) is 17.0 Å². The van der Waals surface area contributed by atoms with E-state index >= 15 is 0 Å². The highest BCUT2D eigenvalue weighted by atomic mass is 35.5. The van der Waals surface area contributed by atoms with Crippen LogP contribution in [0.1, 0.15) is 21.7 Å². The molecule has 9 heteroatoms. The zero-order valence-electron chi connectivity index (χ0n) is 16.7.